The molecule has 0 aromatic carbocycles. The zero-order chi connectivity index (χ0) is 21.1. The molecular formula is C18H11N5O5. The normalized spacial score (nSPS) is 20.9. The molecule has 138 valence electrons. The lowest BCUT2D eigenvalue weighted by atomic mass is 9.55. The monoisotopic (exact) mass is 377 g/mol. The third-order valence-electron chi connectivity index (χ3n) is 4.56. The summed E-state index contributed by atoms with van der Waals surface area (Å²) in [6.07, 6.45) is 4.07. The lowest BCUT2D eigenvalue weighted by Gasteiger charge is -2.48. The molecule has 0 saturated heterocycles. The minimum absolute atomic E-state index is 0.0491. The van der Waals surface area contributed by atoms with E-state index in [1.807, 2.05) is 0 Å². The number of nitriles is 4. The molecule has 1 unspecified atom stereocenters. The van der Waals surface area contributed by atoms with Gasteiger partial charge in [0.1, 0.15) is 11.3 Å². The second-order valence-electron chi connectivity index (χ2n) is 5.67. The molecule has 2 heterocycles. The van der Waals surface area contributed by atoms with Crippen LogP contribution >= 0.6 is 0 Å². The van der Waals surface area contributed by atoms with Crippen LogP contribution in [-0.4, -0.2) is 43.4 Å². The number of esters is 2. The molecule has 0 aromatic heterocycles. The van der Waals surface area contributed by atoms with E-state index in [0.29, 0.717) is 6.29 Å². The SMILES string of the molecule is COC(=O)C1=C(C(=O)OC)C(C#N)(C#N)C(C#N)(C#N)C2C=CC(C=O)=CN12. The van der Waals surface area contributed by atoms with E-state index in [-0.39, 0.29) is 5.57 Å². The second kappa shape index (κ2) is 7.07. The van der Waals surface area contributed by atoms with Crippen molar-refractivity contribution in [2.24, 2.45) is 10.8 Å². The largest absolute Gasteiger partial charge is 0.466 e. The molecule has 0 radical (unpaired) electrons. The van der Waals surface area contributed by atoms with Crippen molar-refractivity contribution in [2.75, 3.05) is 14.2 Å². The van der Waals surface area contributed by atoms with Gasteiger partial charge in [0.05, 0.1) is 44.5 Å². The summed E-state index contributed by atoms with van der Waals surface area (Å²) in [7, 11) is 1.94. The molecule has 10 nitrogen and oxygen atoms in total. The van der Waals surface area contributed by atoms with Crippen LogP contribution in [0.25, 0.3) is 0 Å². The first kappa shape index (κ1) is 19.9. The number of ether oxygens (including phenoxy) is 2. The molecule has 0 saturated carbocycles. The van der Waals surface area contributed by atoms with Gasteiger partial charge in [-0.15, -0.1) is 0 Å². The predicted octanol–water partition coefficient (Wildman–Crippen LogP) is -0.00958. The maximum Gasteiger partial charge on any atom is 0.355 e. The molecule has 2 aliphatic rings. The second-order valence-corrected chi connectivity index (χ2v) is 5.67. The summed E-state index contributed by atoms with van der Waals surface area (Å²) in [6.45, 7) is 0. The zero-order valence-electron chi connectivity index (χ0n) is 14.7. The van der Waals surface area contributed by atoms with Crippen molar-refractivity contribution in [1.82, 2.24) is 4.90 Å². The Balaban J connectivity index is 3.15. The summed E-state index contributed by atoms with van der Waals surface area (Å²) in [5.74, 6) is -2.39. The van der Waals surface area contributed by atoms with Gasteiger partial charge in [0.15, 0.2) is 6.29 Å². The van der Waals surface area contributed by atoms with Crippen LogP contribution in [-0.2, 0) is 23.9 Å². The molecular weight excluding hydrogens is 366 g/mol. The number of hydrogen-bond acceptors (Lipinski definition) is 10. The number of nitrogens with zero attached hydrogens (tertiary/aromatic N) is 5. The summed E-state index contributed by atoms with van der Waals surface area (Å²) in [6, 6.07) is 5.13. The number of carbonyl (C=O) groups excluding carboxylic acids is 3. The standard InChI is InChI=1S/C18H11N5O5/c1-27-15(25)13-14(16(26)28-2)23-5-11(6-24)3-4-12(23)17(7-19,8-20)18(13,9-21)10-22/h3-6,12H,1-2H3. The van der Waals surface area contributed by atoms with E-state index in [1.54, 1.807) is 24.3 Å². The van der Waals surface area contributed by atoms with Gasteiger partial charge in [-0.1, -0.05) is 12.2 Å². The quantitative estimate of drug-likeness (QED) is 0.481. The van der Waals surface area contributed by atoms with Gasteiger partial charge < -0.3 is 14.4 Å². The van der Waals surface area contributed by atoms with Crippen LogP contribution in [0.3, 0.4) is 0 Å². The van der Waals surface area contributed by atoms with E-state index in [0.717, 1.165) is 25.3 Å². The summed E-state index contributed by atoms with van der Waals surface area (Å²) in [5, 5.41) is 39.3. The molecule has 0 aromatic rings. The molecule has 0 spiro atoms. The van der Waals surface area contributed by atoms with Crippen LogP contribution in [0.5, 0.6) is 0 Å². The summed E-state index contributed by atoms with van der Waals surface area (Å²) in [5.41, 5.74) is -6.45. The van der Waals surface area contributed by atoms with E-state index in [2.05, 4.69) is 9.47 Å². The van der Waals surface area contributed by atoms with Crippen LogP contribution in [0.2, 0.25) is 0 Å². The minimum atomic E-state index is -2.68. The van der Waals surface area contributed by atoms with Crippen molar-refractivity contribution in [3.8, 4) is 24.3 Å². The number of hydrogen-bond donors (Lipinski definition) is 0. The van der Waals surface area contributed by atoms with Crippen LogP contribution < -0.4 is 0 Å². The van der Waals surface area contributed by atoms with Crippen molar-refractivity contribution >= 4 is 18.2 Å². The third-order valence-corrected chi connectivity index (χ3v) is 4.56. The maximum atomic E-state index is 12.5. The van der Waals surface area contributed by atoms with E-state index in [1.165, 1.54) is 12.2 Å². The van der Waals surface area contributed by atoms with Crippen molar-refractivity contribution in [3.63, 3.8) is 0 Å². The Bertz CT molecular complexity index is 997. The molecule has 0 bridgehead atoms. The molecule has 0 fully saturated rings. The van der Waals surface area contributed by atoms with Crippen LogP contribution in [0.15, 0.2) is 35.2 Å². The van der Waals surface area contributed by atoms with Crippen LogP contribution in [0.1, 0.15) is 0 Å². The van der Waals surface area contributed by atoms with E-state index in [9.17, 15) is 35.4 Å². The number of carbonyl (C=O) groups is 3. The highest BCUT2D eigenvalue weighted by molar-refractivity contribution is 6.03. The van der Waals surface area contributed by atoms with Gasteiger partial charge in [-0.2, -0.15) is 21.0 Å². The number of rotatable bonds is 3. The molecule has 2 aliphatic heterocycles. The van der Waals surface area contributed by atoms with Gasteiger partial charge in [-0.3, -0.25) is 4.79 Å². The van der Waals surface area contributed by atoms with Gasteiger partial charge in [0.25, 0.3) is 0 Å². The fourth-order valence-electron chi connectivity index (χ4n) is 3.23. The molecule has 2 rings (SSSR count). The van der Waals surface area contributed by atoms with Crippen LogP contribution in [0, 0.1) is 56.2 Å². The Morgan fingerprint density at radius 3 is 2.07 bits per heavy atom. The third kappa shape index (κ3) is 2.26. The smallest absolute Gasteiger partial charge is 0.355 e. The molecule has 0 amide bonds. The lowest BCUT2D eigenvalue weighted by Crippen LogP contribution is -2.60. The number of aldehydes is 1. The van der Waals surface area contributed by atoms with Crippen molar-refractivity contribution in [3.05, 3.63) is 35.2 Å². The molecule has 28 heavy (non-hydrogen) atoms. The van der Waals surface area contributed by atoms with Gasteiger partial charge >= 0.3 is 11.9 Å². The fourth-order valence-corrected chi connectivity index (χ4v) is 3.23. The Labute approximate surface area is 159 Å². The van der Waals surface area contributed by atoms with Crippen molar-refractivity contribution in [1.29, 1.82) is 21.0 Å². The molecule has 0 aliphatic carbocycles. The van der Waals surface area contributed by atoms with E-state index < -0.39 is 40.1 Å². The first-order valence-electron chi connectivity index (χ1n) is 7.57. The highest BCUT2D eigenvalue weighted by Crippen LogP contribution is 2.55. The lowest BCUT2D eigenvalue weighted by molar-refractivity contribution is -0.142. The Morgan fingerprint density at radius 2 is 1.64 bits per heavy atom. The first-order chi connectivity index (χ1) is 13.4. The molecule has 1 atom stereocenters. The Morgan fingerprint density at radius 1 is 1.07 bits per heavy atom. The van der Waals surface area contributed by atoms with Crippen LogP contribution in [0.4, 0.5) is 0 Å². The predicted molar refractivity (Wildman–Crippen MR) is 87.3 cm³/mol. The van der Waals surface area contributed by atoms with Gasteiger partial charge in [0, 0.05) is 11.8 Å². The fraction of sp³-hybridized carbons (Fsp3) is 0.278. The molecule has 10 heteroatoms. The van der Waals surface area contributed by atoms with E-state index >= 15 is 0 Å². The topological polar surface area (TPSA) is 168 Å². The molecule has 0 N–H and O–H groups in total. The number of fused-ring (bicyclic) bond motifs is 1. The summed E-state index contributed by atoms with van der Waals surface area (Å²) >= 11 is 0. The van der Waals surface area contributed by atoms with Crippen molar-refractivity contribution in [2.45, 2.75) is 6.04 Å². The van der Waals surface area contributed by atoms with Gasteiger partial charge in [-0.25, -0.2) is 9.59 Å². The number of allylic oxidation sites excluding steroid dienone is 2. The first-order valence-corrected chi connectivity index (χ1v) is 7.57. The van der Waals surface area contributed by atoms with Gasteiger partial charge in [0.2, 0.25) is 10.8 Å². The average molecular weight is 377 g/mol. The zero-order valence-corrected chi connectivity index (χ0v) is 14.7. The average Bonchev–Trinajstić information content (AvgIpc) is 2.75. The Hall–Kier alpha value is -4.41. The van der Waals surface area contributed by atoms with Gasteiger partial charge in [-0.05, 0) is 0 Å². The summed E-state index contributed by atoms with van der Waals surface area (Å²) < 4.78 is 9.31. The number of methoxy groups -OCH3 is 2. The Kier molecular flexibility index (Phi) is 5.03. The minimum Gasteiger partial charge on any atom is -0.466 e. The summed E-state index contributed by atoms with van der Waals surface area (Å²) in [4.78, 5) is 37.2. The highest BCUT2D eigenvalue weighted by Gasteiger charge is 2.69. The highest BCUT2D eigenvalue weighted by atomic mass is 16.5. The van der Waals surface area contributed by atoms with Crippen molar-refractivity contribution < 1.29 is 23.9 Å². The van der Waals surface area contributed by atoms with E-state index in [4.69, 9.17) is 0 Å². The maximum absolute atomic E-state index is 12.5.